The zero-order valence-electron chi connectivity index (χ0n) is 80.6. The zero-order chi connectivity index (χ0) is 94.7. The van der Waals surface area contributed by atoms with Crippen molar-refractivity contribution in [1.29, 1.82) is 0 Å². The summed E-state index contributed by atoms with van der Waals surface area (Å²) >= 11 is 3.92. The smallest absolute Gasteiger partial charge is 0.143 e. The summed E-state index contributed by atoms with van der Waals surface area (Å²) in [5.74, 6) is 1.48. The van der Waals surface area contributed by atoms with E-state index in [0.717, 1.165) is 33.8 Å². The van der Waals surface area contributed by atoms with Crippen LogP contribution < -0.4 is 0 Å². The third-order valence-corrected chi connectivity index (χ3v) is 31.6. The summed E-state index contributed by atoms with van der Waals surface area (Å²) in [5.41, 5.74) is 32.5. The fourth-order valence-corrected chi connectivity index (χ4v) is 24.6. The van der Waals surface area contributed by atoms with Gasteiger partial charge in [0.15, 0.2) is 0 Å². The molecule has 0 aliphatic heterocycles. The molecule has 0 amide bonds. The molecule has 0 atom stereocenters. The van der Waals surface area contributed by atoms with Crippen LogP contribution in [0, 0.1) is 48.5 Å². The Bertz CT molecular complexity index is 8620. The fraction of sp³-hybridized carbons (Fsp3) is 0.143. The average molecular weight is 1850 g/mol. The van der Waals surface area contributed by atoms with E-state index >= 15 is 0 Å². The van der Waals surface area contributed by atoms with Crippen LogP contribution >= 0.6 is 22.7 Å². The fourth-order valence-electron chi connectivity index (χ4n) is 22.0. The van der Waals surface area contributed by atoms with Crippen molar-refractivity contribution in [1.82, 2.24) is 13.7 Å². The lowest BCUT2D eigenvalue weighted by Gasteiger charge is -2.22. The summed E-state index contributed by atoms with van der Waals surface area (Å²) in [5, 5.41) is 18.5. The largest absolute Gasteiger partial charge is 0.455 e. The number of para-hydroxylation sites is 10. The predicted octanol–water partition coefficient (Wildman–Crippen LogP) is 39.2. The number of aryl methyl sites for hydroxylation is 7. The lowest BCUT2D eigenvalue weighted by Crippen LogP contribution is -2.04. The quantitative estimate of drug-likeness (QED) is 0.160. The van der Waals surface area contributed by atoms with Crippen LogP contribution in [0.3, 0.4) is 0 Å². The number of hydrogen-bond acceptors (Lipinski definition) is 4. The molecule has 5 nitrogen and oxygen atoms in total. The summed E-state index contributed by atoms with van der Waals surface area (Å²) in [6, 6.07) is 151. The molecule has 2 aliphatic rings. The first-order valence-electron chi connectivity index (χ1n) is 49.8. The van der Waals surface area contributed by atoms with Crippen LogP contribution in [0.4, 0.5) is 0 Å². The number of fused-ring (bicyclic) bond motifs is 21. The van der Waals surface area contributed by atoms with Gasteiger partial charge in [0, 0.05) is 117 Å². The van der Waals surface area contributed by atoms with Crippen LogP contribution in [0.5, 0.6) is 0 Å². The topological polar surface area (TPSA) is 41.1 Å². The Kier molecular flexibility index (Phi) is 25.6. The molecule has 684 valence electrons. The van der Waals surface area contributed by atoms with E-state index in [4.69, 9.17) is 8.83 Å². The maximum absolute atomic E-state index is 6.27. The number of nitrogens with zero attached hydrogens (tertiary/aromatic N) is 3. The van der Waals surface area contributed by atoms with Gasteiger partial charge in [-0.15, -0.1) is 22.7 Å². The molecule has 2 aliphatic carbocycles. The van der Waals surface area contributed by atoms with E-state index in [9.17, 15) is 0 Å². The summed E-state index contributed by atoms with van der Waals surface area (Å²) in [4.78, 5) is 0. The number of hydrogen-bond donors (Lipinski definition) is 0. The van der Waals surface area contributed by atoms with Crippen LogP contribution in [-0.4, -0.2) is 13.7 Å². The van der Waals surface area contributed by atoms with Crippen molar-refractivity contribution in [2.45, 2.75) is 125 Å². The van der Waals surface area contributed by atoms with Crippen LogP contribution in [0.2, 0.25) is 0 Å². The minimum absolute atomic E-state index is 0.688. The van der Waals surface area contributed by atoms with Crippen molar-refractivity contribution in [3.05, 3.63) is 475 Å². The molecular weight excluding hydrogens is 1740 g/mol. The second-order valence-electron chi connectivity index (χ2n) is 38.0. The van der Waals surface area contributed by atoms with Gasteiger partial charge in [-0.25, -0.2) is 0 Å². The van der Waals surface area contributed by atoms with Crippen molar-refractivity contribution in [2.75, 3.05) is 0 Å². The Morgan fingerprint density at radius 2 is 0.543 bits per heavy atom. The van der Waals surface area contributed by atoms with E-state index in [1.165, 1.54) is 265 Å². The van der Waals surface area contributed by atoms with Gasteiger partial charge >= 0.3 is 0 Å². The molecule has 28 rings (SSSR count). The minimum atomic E-state index is 0.688. The Morgan fingerprint density at radius 3 is 1.09 bits per heavy atom. The summed E-state index contributed by atoms with van der Waals surface area (Å²) < 4.78 is 25.3. The molecule has 2 fully saturated rings. The second kappa shape index (κ2) is 40.0. The molecule has 7 heterocycles. The van der Waals surface area contributed by atoms with Crippen LogP contribution in [0.15, 0.2) is 433 Å². The van der Waals surface area contributed by atoms with E-state index in [0.29, 0.717) is 5.92 Å². The number of furan rings is 2. The third-order valence-electron chi connectivity index (χ3n) is 28.8. The molecule has 0 saturated heterocycles. The van der Waals surface area contributed by atoms with Crippen LogP contribution in [-0.2, 0) is 0 Å². The molecule has 0 unspecified atom stereocenters. The Balaban J connectivity index is 0.0000000939. The zero-order valence-corrected chi connectivity index (χ0v) is 82.2. The molecule has 0 N–H and O–H groups in total. The summed E-state index contributed by atoms with van der Waals surface area (Å²) in [6.45, 7) is 15.1. The van der Waals surface area contributed by atoms with Gasteiger partial charge in [-0.1, -0.05) is 390 Å². The SMILES string of the molecule is Cc1ccc2c(c1)c1ccccc1n2-c1ccccc1.Cc1ccc2c3ccccc3n(-c3ccccc3)c2c1.Cc1cccc2c1c1ccccc1n2-c1ccccc1.Cc1cccc2c1oc1c(-c3ccccc3)cccc12.Cc1cccc2c1oc1c(C3CCCCC3)cccc12.Cc1cccc2c1sc1c(-c3ccccc3)cccc12.Cc1cccc2c1sc1c(C3CCCCC3)cccc12. The first-order valence-corrected chi connectivity index (χ1v) is 51.4. The summed E-state index contributed by atoms with van der Waals surface area (Å²) in [7, 11) is 0. The third kappa shape index (κ3) is 17.5. The molecule has 0 spiro atoms. The van der Waals surface area contributed by atoms with Gasteiger partial charge in [0.1, 0.15) is 22.3 Å². The molecule has 19 aromatic carbocycles. The number of aromatic nitrogens is 3. The van der Waals surface area contributed by atoms with Gasteiger partial charge in [0.2, 0.25) is 0 Å². The highest BCUT2D eigenvalue weighted by atomic mass is 32.1. The maximum Gasteiger partial charge on any atom is 0.143 e. The van der Waals surface area contributed by atoms with Gasteiger partial charge < -0.3 is 22.5 Å². The molecular formula is C133H113N3O2S2. The molecule has 0 radical (unpaired) electrons. The lowest BCUT2D eigenvalue weighted by molar-refractivity contribution is 0.442. The van der Waals surface area contributed by atoms with Crippen LogP contribution in [0.25, 0.3) is 189 Å². The van der Waals surface area contributed by atoms with Crippen molar-refractivity contribution in [2.24, 2.45) is 0 Å². The van der Waals surface area contributed by atoms with Crippen LogP contribution in [0.1, 0.15) is 126 Å². The second-order valence-corrected chi connectivity index (χ2v) is 40.0. The monoisotopic (exact) mass is 1850 g/mol. The van der Waals surface area contributed by atoms with Crippen molar-refractivity contribution < 1.29 is 8.83 Å². The van der Waals surface area contributed by atoms with E-state index in [1.54, 1.807) is 10.3 Å². The van der Waals surface area contributed by atoms with Crippen molar-refractivity contribution in [3.8, 4) is 39.3 Å². The minimum Gasteiger partial charge on any atom is -0.455 e. The highest BCUT2D eigenvalue weighted by Crippen LogP contribution is 2.48. The van der Waals surface area contributed by atoms with Gasteiger partial charge in [-0.3, -0.25) is 0 Å². The molecule has 26 aromatic rings. The predicted molar refractivity (Wildman–Crippen MR) is 604 cm³/mol. The number of benzene rings is 19. The lowest BCUT2D eigenvalue weighted by atomic mass is 9.83. The van der Waals surface area contributed by atoms with Crippen molar-refractivity contribution >= 4 is 172 Å². The highest BCUT2D eigenvalue weighted by molar-refractivity contribution is 7.26. The van der Waals surface area contributed by atoms with E-state index in [-0.39, 0.29) is 0 Å². The van der Waals surface area contributed by atoms with E-state index < -0.39 is 0 Å². The highest BCUT2D eigenvalue weighted by Gasteiger charge is 2.25. The normalized spacial score (nSPS) is 12.9. The van der Waals surface area contributed by atoms with Gasteiger partial charge in [0.05, 0.1) is 33.1 Å². The van der Waals surface area contributed by atoms with E-state index in [1.807, 2.05) is 28.7 Å². The number of thiophene rings is 2. The first kappa shape index (κ1) is 89.8. The number of rotatable bonds is 7. The van der Waals surface area contributed by atoms with Crippen molar-refractivity contribution in [3.63, 3.8) is 0 Å². The molecule has 0 bridgehead atoms. The maximum atomic E-state index is 6.27. The molecule has 2 saturated carbocycles. The first-order chi connectivity index (χ1) is 68.9. The van der Waals surface area contributed by atoms with E-state index in [2.05, 4.69) is 481 Å². The van der Waals surface area contributed by atoms with Gasteiger partial charge in [0.25, 0.3) is 0 Å². The van der Waals surface area contributed by atoms with Gasteiger partial charge in [-0.05, 0) is 226 Å². The average Bonchev–Trinajstić information content (AvgIpc) is 1.58. The summed E-state index contributed by atoms with van der Waals surface area (Å²) in [6.07, 6.45) is 13.8. The van der Waals surface area contributed by atoms with Gasteiger partial charge in [-0.2, -0.15) is 0 Å². The Labute approximate surface area is 827 Å². The standard InChI is InChI=1S/3C19H15N.C19H20O.C19H14O.C19H20S.C19H14S/c1-14-8-7-13-18-19(14)16-11-5-6-12-17(16)20(18)15-9-3-2-4-10-15;1-14-11-12-19-17(13-14)16-9-5-6-10-18(16)20(19)15-7-3-2-4-8-15;1-14-11-12-17-16-9-5-6-10-18(16)20(19(17)13-14)15-7-3-2-4-8-15;4*1-13-7-5-11-16-17-12-6-10-15(19(17)20-18(13)16)14-8-3-2-4-9-14/h3*2-13H,1H3;5-7,10-12,14H,2-4,8-9H2,1H3;2-12H,1H3;5-7,10-12,14H,2-4,8-9H2,1H3;2-12H,1H3. The molecule has 140 heavy (non-hydrogen) atoms. The molecule has 7 heteroatoms. The molecule has 7 aromatic heterocycles. The Morgan fingerprint density at radius 1 is 0.207 bits per heavy atom. The Hall–Kier alpha value is -15.4.